The Kier molecular flexibility index (Phi) is 4.95. The van der Waals surface area contributed by atoms with Crippen molar-refractivity contribution in [2.45, 2.75) is 26.4 Å². The van der Waals surface area contributed by atoms with E-state index in [2.05, 4.69) is 10.4 Å². The molecule has 0 saturated heterocycles. The molecule has 1 amide bonds. The first-order valence-corrected chi connectivity index (χ1v) is 8.19. The Morgan fingerprint density at radius 3 is 2.48 bits per heavy atom. The summed E-state index contributed by atoms with van der Waals surface area (Å²) in [5.41, 5.74) is 3.76. The number of aromatic nitrogens is 2. The topological polar surface area (TPSA) is 67.2 Å². The van der Waals surface area contributed by atoms with Crippen molar-refractivity contribution in [2.24, 2.45) is 0 Å². The third-order valence-corrected chi connectivity index (χ3v) is 4.00. The van der Waals surface area contributed by atoms with Crippen LogP contribution in [0.15, 0.2) is 60.7 Å². The van der Waals surface area contributed by atoms with Gasteiger partial charge in [-0.2, -0.15) is 0 Å². The van der Waals surface area contributed by atoms with Crippen LogP contribution in [0.3, 0.4) is 0 Å². The number of aliphatic hydroxyl groups is 1. The molecule has 2 aromatic carbocycles. The molecule has 0 aliphatic heterocycles. The summed E-state index contributed by atoms with van der Waals surface area (Å²) in [5, 5.41) is 17.3. The molecule has 0 fully saturated rings. The molecule has 0 aliphatic rings. The highest BCUT2D eigenvalue weighted by molar-refractivity contribution is 5.90. The number of rotatable bonds is 5. The lowest BCUT2D eigenvalue weighted by Gasteiger charge is -2.10. The average molecular weight is 335 g/mol. The van der Waals surface area contributed by atoms with Crippen LogP contribution in [-0.4, -0.2) is 20.8 Å². The summed E-state index contributed by atoms with van der Waals surface area (Å²) < 4.78 is 1.78. The zero-order valence-corrected chi connectivity index (χ0v) is 14.3. The van der Waals surface area contributed by atoms with Gasteiger partial charge in [0.1, 0.15) is 0 Å². The number of nitrogens with one attached hydrogen (secondary N) is 1. The number of anilines is 1. The number of amides is 1. The molecular weight excluding hydrogens is 314 g/mol. The largest absolute Gasteiger partial charge is 0.388 e. The van der Waals surface area contributed by atoms with E-state index in [9.17, 15) is 9.90 Å². The van der Waals surface area contributed by atoms with Crippen molar-refractivity contribution in [1.29, 1.82) is 0 Å². The molecule has 5 nitrogen and oxygen atoms in total. The van der Waals surface area contributed by atoms with Gasteiger partial charge in [-0.15, -0.1) is 5.10 Å². The first-order valence-electron chi connectivity index (χ1n) is 8.19. The second-order valence-corrected chi connectivity index (χ2v) is 6.10. The van der Waals surface area contributed by atoms with Gasteiger partial charge in [0.25, 0.3) is 0 Å². The summed E-state index contributed by atoms with van der Waals surface area (Å²) in [6.45, 7) is 3.96. The molecule has 0 spiro atoms. The monoisotopic (exact) mass is 335 g/mol. The summed E-state index contributed by atoms with van der Waals surface area (Å²) in [5.74, 6) is 0.202. The van der Waals surface area contributed by atoms with E-state index in [1.54, 1.807) is 16.8 Å². The van der Waals surface area contributed by atoms with Gasteiger partial charge in [0.05, 0.1) is 18.2 Å². The second-order valence-electron chi connectivity index (χ2n) is 6.10. The van der Waals surface area contributed by atoms with Crippen LogP contribution in [0.5, 0.6) is 0 Å². The van der Waals surface area contributed by atoms with Crippen LogP contribution in [0.25, 0.3) is 5.69 Å². The lowest BCUT2D eigenvalue weighted by Crippen LogP contribution is -2.16. The third-order valence-electron chi connectivity index (χ3n) is 4.00. The highest BCUT2D eigenvalue weighted by atomic mass is 16.3. The lowest BCUT2D eigenvalue weighted by atomic mass is 10.1. The predicted molar refractivity (Wildman–Crippen MR) is 97.7 cm³/mol. The molecule has 5 heteroatoms. The van der Waals surface area contributed by atoms with Gasteiger partial charge >= 0.3 is 0 Å². The van der Waals surface area contributed by atoms with Crippen molar-refractivity contribution >= 4 is 11.7 Å². The van der Waals surface area contributed by atoms with Gasteiger partial charge in [0, 0.05) is 11.8 Å². The SMILES string of the molecule is Cc1ccc(-n2nc(NC(=O)CC(O)c3ccccc3)cc2C)cc1. The molecule has 0 bridgehead atoms. The number of benzene rings is 2. The van der Waals surface area contributed by atoms with E-state index in [1.165, 1.54) is 5.56 Å². The minimum absolute atomic E-state index is 0.0134. The number of carbonyl (C=O) groups is 1. The van der Waals surface area contributed by atoms with Gasteiger partial charge in [0.15, 0.2) is 5.82 Å². The van der Waals surface area contributed by atoms with Crippen LogP contribution in [0.1, 0.15) is 29.3 Å². The number of hydrogen-bond acceptors (Lipinski definition) is 3. The average Bonchev–Trinajstić information content (AvgIpc) is 2.96. The zero-order chi connectivity index (χ0) is 17.8. The van der Waals surface area contributed by atoms with Crippen molar-refractivity contribution in [3.63, 3.8) is 0 Å². The maximum atomic E-state index is 12.2. The Morgan fingerprint density at radius 1 is 1.12 bits per heavy atom. The molecular formula is C20H21N3O2. The van der Waals surface area contributed by atoms with Gasteiger partial charge in [-0.1, -0.05) is 48.0 Å². The zero-order valence-electron chi connectivity index (χ0n) is 14.3. The Morgan fingerprint density at radius 2 is 1.80 bits per heavy atom. The molecule has 3 aromatic rings. The van der Waals surface area contributed by atoms with Gasteiger partial charge in [-0.3, -0.25) is 4.79 Å². The standard InChI is InChI=1S/C20H21N3O2/c1-14-8-10-17(11-9-14)23-15(2)12-19(22-23)21-20(25)13-18(24)16-6-4-3-5-7-16/h3-12,18,24H,13H2,1-2H3,(H,21,22,25). The molecule has 1 atom stereocenters. The van der Waals surface area contributed by atoms with E-state index in [1.807, 2.05) is 62.4 Å². The second kappa shape index (κ2) is 7.32. The van der Waals surface area contributed by atoms with Gasteiger partial charge in [-0.25, -0.2) is 4.68 Å². The van der Waals surface area contributed by atoms with E-state index in [0.717, 1.165) is 16.9 Å². The van der Waals surface area contributed by atoms with Crippen molar-refractivity contribution < 1.29 is 9.90 Å². The van der Waals surface area contributed by atoms with E-state index in [-0.39, 0.29) is 12.3 Å². The number of nitrogens with zero attached hydrogens (tertiary/aromatic N) is 2. The number of aryl methyl sites for hydroxylation is 2. The van der Waals surface area contributed by atoms with Gasteiger partial charge in [-0.05, 0) is 31.5 Å². The molecule has 3 rings (SSSR count). The summed E-state index contributed by atoms with van der Waals surface area (Å²) >= 11 is 0. The number of carbonyl (C=O) groups excluding carboxylic acids is 1. The van der Waals surface area contributed by atoms with E-state index >= 15 is 0 Å². The molecule has 128 valence electrons. The van der Waals surface area contributed by atoms with Crippen LogP contribution in [0, 0.1) is 13.8 Å². The third kappa shape index (κ3) is 4.14. The molecule has 0 aliphatic carbocycles. The van der Waals surface area contributed by atoms with Crippen LogP contribution < -0.4 is 5.32 Å². The fourth-order valence-electron chi connectivity index (χ4n) is 2.65. The van der Waals surface area contributed by atoms with Crippen molar-refractivity contribution in [3.05, 3.63) is 77.5 Å². The maximum Gasteiger partial charge on any atom is 0.228 e. The van der Waals surface area contributed by atoms with Gasteiger partial charge in [0.2, 0.25) is 5.91 Å². The van der Waals surface area contributed by atoms with E-state index in [4.69, 9.17) is 0 Å². The highest BCUT2D eigenvalue weighted by Crippen LogP contribution is 2.19. The molecule has 0 radical (unpaired) electrons. The quantitative estimate of drug-likeness (QED) is 0.749. The van der Waals surface area contributed by atoms with Gasteiger partial charge < -0.3 is 10.4 Å². The van der Waals surface area contributed by atoms with Crippen molar-refractivity contribution in [1.82, 2.24) is 9.78 Å². The highest BCUT2D eigenvalue weighted by Gasteiger charge is 2.15. The van der Waals surface area contributed by atoms with Crippen molar-refractivity contribution in [2.75, 3.05) is 5.32 Å². The van der Waals surface area contributed by atoms with Crippen molar-refractivity contribution in [3.8, 4) is 5.69 Å². The molecule has 1 aromatic heterocycles. The molecule has 25 heavy (non-hydrogen) atoms. The Hall–Kier alpha value is -2.92. The fourth-order valence-corrected chi connectivity index (χ4v) is 2.65. The number of aliphatic hydroxyl groups excluding tert-OH is 1. The first kappa shape index (κ1) is 16.9. The Labute approximate surface area is 146 Å². The maximum absolute atomic E-state index is 12.2. The van der Waals surface area contributed by atoms with E-state index in [0.29, 0.717) is 5.82 Å². The first-order chi connectivity index (χ1) is 12.0. The summed E-state index contributed by atoms with van der Waals surface area (Å²) in [4.78, 5) is 12.2. The molecule has 2 N–H and O–H groups in total. The molecule has 1 heterocycles. The van der Waals surface area contributed by atoms with Crippen LogP contribution >= 0.6 is 0 Å². The summed E-state index contributed by atoms with van der Waals surface area (Å²) in [7, 11) is 0. The van der Waals surface area contributed by atoms with Crippen LogP contribution in [0.2, 0.25) is 0 Å². The van der Waals surface area contributed by atoms with E-state index < -0.39 is 6.10 Å². The Balaban J connectivity index is 1.68. The smallest absolute Gasteiger partial charge is 0.228 e. The lowest BCUT2D eigenvalue weighted by molar-refractivity contribution is -0.118. The number of hydrogen-bond donors (Lipinski definition) is 2. The molecule has 0 saturated carbocycles. The fraction of sp³-hybridized carbons (Fsp3) is 0.200. The predicted octanol–water partition coefficient (Wildman–Crippen LogP) is 3.55. The minimum Gasteiger partial charge on any atom is -0.388 e. The normalized spacial score (nSPS) is 12.0. The minimum atomic E-state index is -0.832. The Bertz CT molecular complexity index is 854. The van der Waals surface area contributed by atoms with Crippen LogP contribution in [-0.2, 0) is 4.79 Å². The summed E-state index contributed by atoms with van der Waals surface area (Å²) in [6, 6.07) is 19.0. The molecule has 1 unspecified atom stereocenters. The van der Waals surface area contributed by atoms with Crippen LogP contribution in [0.4, 0.5) is 5.82 Å². The summed E-state index contributed by atoms with van der Waals surface area (Å²) in [6.07, 6.45) is -0.845.